The van der Waals surface area contributed by atoms with Gasteiger partial charge in [0.05, 0.1) is 11.6 Å². The molecule has 1 saturated carbocycles. The number of fused-ring (bicyclic) bond motifs is 4. The van der Waals surface area contributed by atoms with Gasteiger partial charge in [-0.25, -0.2) is 4.98 Å². The monoisotopic (exact) mass is 798 g/mol. The van der Waals surface area contributed by atoms with Crippen LogP contribution < -0.4 is 4.74 Å². The van der Waals surface area contributed by atoms with E-state index >= 15 is 0 Å². The minimum Gasteiger partial charge on any atom is -0.515 e. The number of hydrogen-bond acceptors (Lipinski definition) is 4. The number of ether oxygens (including phenoxy) is 2. The van der Waals surface area contributed by atoms with E-state index in [0.717, 1.165) is 57.3 Å². The molecular formula is C41H37N3O2Pt. The van der Waals surface area contributed by atoms with Crippen molar-refractivity contribution in [3.8, 4) is 28.3 Å². The first-order chi connectivity index (χ1) is 22.3. The zero-order valence-electron chi connectivity index (χ0n) is 27.1. The topological polar surface area (TPSA) is 48.6 Å². The summed E-state index contributed by atoms with van der Waals surface area (Å²) in [5.74, 6) is 1.89. The molecule has 0 saturated heterocycles. The number of hydrogen-bond donors (Lipinski definition) is 0. The summed E-state index contributed by atoms with van der Waals surface area (Å²) in [5.41, 5.74) is 8.04. The predicted molar refractivity (Wildman–Crippen MR) is 185 cm³/mol. The van der Waals surface area contributed by atoms with Gasteiger partial charge in [-0.1, -0.05) is 98.1 Å². The van der Waals surface area contributed by atoms with E-state index in [9.17, 15) is 0 Å². The van der Waals surface area contributed by atoms with Crippen LogP contribution in [0, 0.1) is 19.1 Å². The van der Waals surface area contributed by atoms with Gasteiger partial charge in [-0.2, -0.15) is 0 Å². The van der Waals surface area contributed by atoms with Crippen molar-refractivity contribution in [3.05, 3.63) is 120 Å². The Morgan fingerprint density at radius 1 is 0.830 bits per heavy atom. The largest absolute Gasteiger partial charge is 2.00 e. The summed E-state index contributed by atoms with van der Waals surface area (Å²) in [5, 5.41) is 2.29. The summed E-state index contributed by atoms with van der Waals surface area (Å²) < 4.78 is 15.3. The van der Waals surface area contributed by atoms with E-state index < -0.39 is 0 Å². The molecule has 2 aliphatic rings. The summed E-state index contributed by atoms with van der Waals surface area (Å²) in [6.07, 6.45) is 6.52. The van der Waals surface area contributed by atoms with Crippen molar-refractivity contribution in [1.82, 2.24) is 9.55 Å². The molecule has 8 rings (SSSR count). The number of rotatable bonds is 5. The average Bonchev–Trinajstić information content (AvgIpc) is 3.64. The fourth-order valence-corrected chi connectivity index (χ4v) is 6.79. The molecule has 238 valence electrons. The molecule has 0 amide bonds. The van der Waals surface area contributed by atoms with Gasteiger partial charge in [0.1, 0.15) is 17.6 Å². The molecule has 0 bridgehead atoms. The summed E-state index contributed by atoms with van der Waals surface area (Å²) in [6, 6.07) is 36.9. The van der Waals surface area contributed by atoms with Crippen molar-refractivity contribution < 1.29 is 30.5 Å². The van der Waals surface area contributed by atoms with Gasteiger partial charge in [-0.05, 0) is 61.4 Å². The van der Waals surface area contributed by atoms with Crippen LogP contribution in [-0.4, -0.2) is 27.6 Å². The Hall–Kier alpha value is -4.21. The second kappa shape index (κ2) is 12.4. The normalized spacial score (nSPS) is 17.6. The number of aryl methyl sites for hydroxylation is 1. The molecule has 47 heavy (non-hydrogen) atoms. The molecular weight excluding hydrogens is 762 g/mol. The molecule has 1 aliphatic carbocycles. The van der Waals surface area contributed by atoms with E-state index in [1.54, 1.807) is 0 Å². The van der Waals surface area contributed by atoms with Crippen LogP contribution in [0.2, 0.25) is 0 Å². The van der Waals surface area contributed by atoms with Crippen LogP contribution in [0.4, 0.5) is 0 Å². The molecule has 0 radical (unpaired) electrons. The van der Waals surface area contributed by atoms with Crippen molar-refractivity contribution in [1.29, 1.82) is 0 Å². The Morgan fingerprint density at radius 3 is 2.45 bits per heavy atom. The van der Waals surface area contributed by atoms with Gasteiger partial charge in [-0.15, -0.1) is 29.8 Å². The van der Waals surface area contributed by atoms with Crippen LogP contribution in [0.5, 0.6) is 11.5 Å². The van der Waals surface area contributed by atoms with Crippen molar-refractivity contribution in [2.75, 3.05) is 0 Å². The van der Waals surface area contributed by atoms with E-state index in [0.29, 0.717) is 17.4 Å². The maximum atomic E-state index is 6.72. The molecule has 4 aromatic carbocycles. The van der Waals surface area contributed by atoms with Gasteiger partial charge < -0.3 is 14.0 Å². The third kappa shape index (κ3) is 6.02. The van der Waals surface area contributed by atoms with Gasteiger partial charge in [-0.3, -0.25) is 4.99 Å². The summed E-state index contributed by atoms with van der Waals surface area (Å²) in [6.45, 7) is 8.79. The van der Waals surface area contributed by atoms with Crippen molar-refractivity contribution in [2.45, 2.75) is 70.9 Å². The summed E-state index contributed by atoms with van der Waals surface area (Å²) in [7, 11) is 0. The Bertz CT molecular complexity index is 2130. The fraction of sp³-hybridized carbons (Fsp3) is 0.268. The van der Waals surface area contributed by atoms with Crippen molar-refractivity contribution in [3.63, 3.8) is 0 Å². The predicted octanol–water partition coefficient (Wildman–Crippen LogP) is 9.93. The first kappa shape index (κ1) is 31.4. The molecule has 0 N–H and O–H groups in total. The molecule has 0 unspecified atom stereocenters. The fourth-order valence-electron chi connectivity index (χ4n) is 6.79. The quantitative estimate of drug-likeness (QED) is 0.163. The Kier molecular flexibility index (Phi) is 8.30. The maximum absolute atomic E-state index is 6.72. The Balaban J connectivity index is 0.00000351. The molecule has 2 atom stereocenters. The number of benzene rings is 4. The van der Waals surface area contributed by atoms with E-state index in [1.807, 2.05) is 24.4 Å². The molecule has 3 heterocycles. The van der Waals surface area contributed by atoms with Crippen molar-refractivity contribution >= 4 is 27.8 Å². The van der Waals surface area contributed by atoms with Crippen LogP contribution in [0.3, 0.4) is 0 Å². The van der Waals surface area contributed by atoms with Crippen LogP contribution in [0.15, 0.2) is 96.1 Å². The zero-order valence-corrected chi connectivity index (χ0v) is 29.4. The number of aromatic nitrogens is 2. The molecule has 6 aromatic rings. The SMILES string of the molecule is Cc1ccc2c(c1)c1cccnc1n2-c1[c-]c(Oc2[c-]c(C3=N[C@@H]4CCCC[C@@H]4O3)cc(-c3ccccc3)c2)cc(C(C)(C)C)c1.[Pt+2]. The standard InChI is InChI=1S/C41H37N3O2.Pt/c1-26-16-17-37-35(19-26)34-13-10-18-42-39(34)44(37)31-23-30(41(2,3)4)24-33(25-31)45-32-21-28(27-11-6-5-7-12-27)20-29(22-32)40-43-36-14-8-9-15-38(36)46-40;/h5-7,10-13,16-21,23-24,36,38H,8-9,14-15H2,1-4H3;/q-2;+2/t36-,38+;/m1./s1. The molecule has 0 spiro atoms. The molecule has 2 aromatic heterocycles. The molecule has 6 heteroatoms. The number of pyridine rings is 1. The van der Waals surface area contributed by atoms with Crippen LogP contribution >= 0.6 is 0 Å². The van der Waals surface area contributed by atoms with Gasteiger partial charge in [0.2, 0.25) is 0 Å². The average molecular weight is 799 g/mol. The summed E-state index contributed by atoms with van der Waals surface area (Å²) in [4.78, 5) is 9.84. The van der Waals surface area contributed by atoms with Gasteiger partial charge >= 0.3 is 21.1 Å². The Morgan fingerprint density at radius 2 is 1.64 bits per heavy atom. The second-order valence-electron chi connectivity index (χ2n) is 13.7. The molecule has 1 aliphatic heterocycles. The van der Waals surface area contributed by atoms with Crippen LogP contribution in [0.1, 0.15) is 63.1 Å². The molecule has 5 nitrogen and oxygen atoms in total. The van der Waals surface area contributed by atoms with E-state index in [2.05, 4.69) is 111 Å². The zero-order chi connectivity index (χ0) is 31.4. The first-order valence-corrected chi connectivity index (χ1v) is 16.3. The smallest absolute Gasteiger partial charge is 0.515 e. The second-order valence-corrected chi connectivity index (χ2v) is 13.7. The Labute approximate surface area is 290 Å². The number of aliphatic imine (C=N–C) groups is 1. The van der Waals surface area contributed by atoms with Crippen molar-refractivity contribution in [2.24, 2.45) is 4.99 Å². The summed E-state index contributed by atoms with van der Waals surface area (Å²) >= 11 is 0. The van der Waals surface area contributed by atoms with Crippen LogP contribution in [0.25, 0.3) is 38.8 Å². The van der Waals surface area contributed by atoms with E-state index in [-0.39, 0.29) is 38.6 Å². The number of nitrogens with zero attached hydrogens (tertiary/aromatic N) is 3. The maximum Gasteiger partial charge on any atom is 2.00 e. The first-order valence-electron chi connectivity index (χ1n) is 16.3. The van der Waals surface area contributed by atoms with Gasteiger partial charge in [0, 0.05) is 28.5 Å². The van der Waals surface area contributed by atoms with Gasteiger partial charge in [0.25, 0.3) is 0 Å². The van der Waals surface area contributed by atoms with Crippen LogP contribution in [-0.2, 0) is 31.2 Å². The minimum atomic E-state index is -0.131. The van der Waals surface area contributed by atoms with Gasteiger partial charge in [0.15, 0.2) is 0 Å². The third-order valence-corrected chi connectivity index (χ3v) is 9.23. The minimum absolute atomic E-state index is 0. The van der Waals surface area contributed by atoms with E-state index in [4.69, 9.17) is 19.5 Å². The third-order valence-electron chi connectivity index (χ3n) is 9.23. The molecule has 1 fully saturated rings. The van der Waals surface area contributed by atoms with E-state index in [1.165, 1.54) is 23.8 Å².